The van der Waals surface area contributed by atoms with E-state index < -0.39 is 0 Å². The molecule has 4 nitrogen and oxygen atoms in total. The van der Waals surface area contributed by atoms with Gasteiger partial charge in [0, 0.05) is 18.5 Å². The van der Waals surface area contributed by atoms with Crippen molar-refractivity contribution in [2.75, 3.05) is 13.1 Å². The number of likely N-dealkylation sites (tertiary alicyclic amines) is 1. The van der Waals surface area contributed by atoms with E-state index in [0.717, 1.165) is 57.3 Å². The molecule has 1 aliphatic carbocycles. The summed E-state index contributed by atoms with van der Waals surface area (Å²) in [5, 5.41) is 17.2. The van der Waals surface area contributed by atoms with Crippen molar-refractivity contribution in [1.29, 1.82) is 0 Å². The molecule has 1 saturated heterocycles. The van der Waals surface area contributed by atoms with Gasteiger partial charge in [-0.1, -0.05) is 18.6 Å². The molecule has 0 amide bonds. The number of nitrogens with zero attached hydrogens (tertiary/aromatic N) is 1. The number of aryl methyl sites for hydroxylation is 1. The van der Waals surface area contributed by atoms with Gasteiger partial charge in [-0.2, -0.15) is 0 Å². The van der Waals surface area contributed by atoms with Crippen molar-refractivity contribution >= 4 is 6.47 Å². The maximum atomic E-state index is 13.3. The van der Waals surface area contributed by atoms with E-state index in [4.69, 9.17) is 9.90 Å². The van der Waals surface area contributed by atoms with E-state index >= 15 is 0 Å². The second-order valence-electron chi connectivity index (χ2n) is 6.77. The Morgan fingerprint density at radius 1 is 1.39 bits per heavy atom. The zero-order valence-corrected chi connectivity index (χ0v) is 13.7. The molecule has 1 spiro atoms. The van der Waals surface area contributed by atoms with Crippen LogP contribution in [-0.2, 0) is 11.3 Å². The van der Waals surface area contributed by atoms with Crippen molar-refractivity contribution in [3.8, 4) is 0 Å². The van der Waals surface area contributed by atoms with E-state index in [1.807, 2.05) is 19.1 Å². The van der Waals surface area contributed by atoms with Gasteiger partial charge in [0.15, 0.2) is 0 Å². The number of benzene rings is 1. The maximum absolute atomic E-state index is 13.3. The van der Waals surface area contributed by atoms with Gasteiger partial charge in [0.05, 0.1) is 6.10 Å². The monoisotopic (exact) mass is 323 g/mol. The summed E-state index contributed by atoms with van der Waals surface area (Å²) in [5.74, 6) is -0.130. The fraction of sp³-hybridized carbons (Fsp3) is 0.611. The highest BCUT2D eigenvalue weighted by Crippen LogP contribution is 2.45. The summed E-state index contributed by atoms with van der Waals surface area (Å²) < 4.78 is 13.3. The number of hydrogen-bond donors (Lipinski definition) is 2. The Morgan fingerprint density at radius 3 is 2.70 bits per heavy atom. The fourth-order valence-corrected chi connectivity index (χ4v) is 4.05. The predicted molar refractivity (Wildman–Crippen MR) is 86.6 cm³/mol. The Kier molecular flexibility index (Phi) is 6.13. The first kappa shape index (κ1) is 17.9. The van der Waals surface area contributed by atoms with Crippen LogP contribution in [0, 0.1) is 18.2 Å². The van der Waals surface area contributed by atoms with E-state index in [9.17, 15) is 9.50 Å². The highest BCUT2D eigenvalue weighted by atomic mass is 19.1. The predicted octanol–water partition coefficient (Wildman–Crippen LogP) is 2.96. The second kappa shape index (κ2) is 7.88. The lowest BCUT2D eigenvalue weighted by molar-refractivity contribution is -0.122. The summed E-state index contributed by atoms with van der Waals surface area (Å²) in [7, 11) is 0. The van der Waals surface area contributed by atoms with Gasteiger partial charge in [-0.25, -0.2) is 4.39 Å². The number of aliphatic hydroxyl groups is 1. The average Bonchev–Trinajstić information content (AvgIpc) is 2.84. The van der Waals surface area contributed by atoms with E-state index in [1.54, 1.807) is 6.07 Å². The van der Waals surface area contributed by atoms with Gasteiger partial charge < -0.3 is 10.2 Å². The lowest BCUT2D eigenvalue weighted by atomic mass is 9.76. The van der Waals surface area contributed by atoms with Crippen molar-refractivity contribution in [3.63, 3.8) is 0 Å². The van der Waals surface area contributed by atoms with Crippen LogP contribution in [0.15, 0.2) is 18.2 Å². The lowest BCUT2D eigenvalue weighted by Crippen LogP contribution is -2.46. The molecule has 0 radical (unpaired) electrons. The van der Waals surface area contributed by atoms with Gasteiger partial charge >= 0.3 is 0 Å². The SMILES string of the molecule is Cc1cc(CN2CCC[C@@]3(CCC[C@H]3O)C2)ccc1F.O=CO. The van der Waals surface area contributed by atoms with Gasteiger partial charge in [-0.05, 0) is 56.3 Å². The van der Waals surface area contributed by atoms with Gasteiger partial charge in [0.2, 0.25) is 0 Å². The molecule has 1 aliphatic heterocycles. The van der Waals surface area contributed by atoms with Crippen LogP contribution in [0.5, 0.6) is 0 Å². The summed E-state index contributed by atoms with van der Waals surface area (Å²) in [6.45, 7) is 4.52. The number of carbonyl (C=O) groups is 1. The normalized spacial score (nSPS) is 27.5. The van der Waals surface area contributed by atoms with Gasteiger partial charge in [-0.15, -0.1) is 0 Å². The molecule has 2 fully saturated rings. The third kappa shape index (κ3) is 4.30. The number of aliphatic hydroxyl groups excluding tert-OH is 1. The van der Waals surface area contributed by atoms with Crippen LogP contribution in [0.3, 0.4) is 0 Å². The molecule has 2 aliphatic rings. The van der Waals surface area contributed by atoms with E-state index in [2.05, 4.69) is 4.90 Å². The average molecular weight is 323 g/mol. The Morgan fingerprint density at radius 2 is 2.09 bits per heavy atom. The molecular formula is C18H26FNO3. The van der Waals surface area contributed by atoms with Crippen LogP contribution in [0.1, 0.15) is 43.2 Å². The summed E-state index contributed by atoms with van der Waals surface area (Å²) in [6, 6.07) is 5.39. The Bertz CT molecular complexity index is 537. The first-order valence-electron chi connectivity index (χ1n) is 8.24. The second-order valence-corrected chi connectivity index (χ2v) is 6.77. The molecule has 1 heterocycles. The summed E-state index contributed by atoms with van der Waals surface area (Å²) in [6.07, 6.45) is 5.48. The molecule has 1 aromatic rings. The third-order valence-corrected chi connectivity index (χ3v) is 5.18. The first-order chi connectivity index (χ1) is 11.0. The zero-order valence-electron chi connectivity index (χ0n) is 13.7. The number of hydrogen-bond acceptors (Lipinski definition) is 3. The van der Waals surface area contributed by atoms with Crippen LogP contribution in [0.25, 0.3) is 0 Å². The molecular weight excluding hydrogens is 297 g/mol. The molecule has 1 aromatic carbocycles. The number of piperidine rings is 1. The van der Waals surface area contributed by atoms with Gasteiger partial charge in [-0.3, -0.25) is 9.69 Å². The van der Waals surface area contributed by atoms with Crippen molar-refractivity contribution in [3.05, 3.63) is 35.1 Å². The minimum absolute atomic E-state index is 0.125. The molecule has 2 atom stereocenters. The van der Waals surface area contributed by atoms with Gasteiger partial charge in [0.1, 0.15) is 5.82 Å². The van der Waals surface area contributed by atoms with Crippen LogP contribution in [0.4, 0.5) is 4.39 Å². The Hall–Kier alpha value is -1.46. The summed E-state index contributed by atoms with van der Waals surface area (Å²) in [5.41, 5.74) is 2.02. The molecule has 5 heteroatoms. The largest absolute Gasteiger partial charge is 0.483 e. The first-order valence-corrected chi connectivity index (χ1v) is 8.24. The van der Waals surface area contributed by atoms with E-state index in [0.29, 0.717) is 0 Å². The fourth-order valence-electron chi connectivity index (χ4n) is 4.05. The van der Waals surface area contributed by atoms with Crippen molar-refractivity contribution in [2.45, 2.75) is 51.7 Å². The van der Waals surface area contributed by atoms with E-state index in [-0.39, 0.29) is 23.8 Å². The quantitative estimate of drug-likeness (QED) is 0.822. The minimum atomic E-state index is -0.250. The molecule has 128 valence electrons. The molecule has 23 heavy (non-hydrogen) atoms. The van der Waals surface area contributed by atoms with Crippen molar-refractivity contribution in [1.82, 2.24) is 4.90 Å². The van der Waals surface area contributed by atoms with Crippen molar-refractivity contribution < 1.29 is 19.4 Å². The molecule has 0 bridgehead atoms. The number of rotatable bonds is 2. The molecule has 1 saturated carbocycles. The molecule has 0 unspecified atom stereocenters. The zero-order chi connectivity index (χ0) is 16.9. The minimum Gasteiger partial charge on any atom is -0.483 e. The lowest BCUT2D eigenvalue weighted by Gasteiger charge is -2.42. The Balaban J connectivity index is 0.000000595. The van der Waals surface area contributed by atoms with Crippen LogP contribution in [0.2, 0.25) is 0 Å². The smallest absolute Gasteiger partial charge is 0.290 e. The van der Waals surface area contributed by atoms with Crippen LogP contribution >= 0.6 is 0 Å². The maximum Gasteiger partial charge on any atom is 0.290 e. The standard InChI is InChI=1S/C17H24FNO.CH2O2/c1-13-10-14(5-6-15(13)18)11-19-9-3-8-17(12-19)7-2-4-16(17)20;2-1-3/h5-6,10,16,20H,2-4,7-9,11-12H2,1H3;1H,(H,2,3)/t16-,17+;/m1./s1. The summed E-state index contributed by atoms with van der Waals surface area (Å²) >= 11 is 0. The van der Waals surface area contributed by atoms with Crippen LogP contribution in [-0.4, -0.2) is 40.8 Å². The Labute approximate surface area is 136 Å². The van der Waals surface area contributed by atoms with E-state index in [1.165, 1.54) is 5.56 Å². The molecule has 0 aromatic heterocycles. The highest BCUT2D eigenvalue weighted by Gasteiger charge is 2.44. The van der Waals surface area contributed by atoms with Crippen LogP contribution < -0.4 is 0 Å². The molecule has 3 rings (SSSR count). The summed E-state index contributed by atoms with van der Waals surface area (Å²) in [4.78, 5) is 10.8. The van der Waals surface area contributed by atoms with Crippen molar-refractivity contribution in [2.24, 2.45) is 5.41 Å². The topological polar surface area (TPSA) is 60.8 Å². The van der Waals surface area contributed by atoms with Gasteiger partial charge in [0.25, 0.3) is 6.47 Å². The number of carboxylic acid groups (broad SMARTS) is 1. The third-order valence-electron chi connectivity index (χ3n) is 5.18. The molecule has 2 N–H and O–H groups in total. The highest BCUT2D eigenvalue weighted by molar-refractivity contribution is 5.32. The number of halogens is 1.